The zero-order valence-electron chi connectivity index (χ0n) is 12.8. The van der Waals surface area contributed by atoms with E-state index < -0.39 is 17.9 Å². The number of methoxy groups -OCH3 is 1. The highest BCUT2D eigenvalue weighted by Gasteiger charge is 2.37. The van der Waals surface area contributed by atoms with Gasteiger partial charge in [-0.3, -0.25) is 19.7 Å². The number of hydroxylamine groups is 2. The van der Waals surface area contributed by atoms with Crippen LogP contribution in [0.3, 0.4) is 0 Å². The van der Waals surface area contributed by atoms with Gasteiger partial charge in [0.2, 0.25) is 0 Å². The molecule has 2 aromatic carbocycles. The largest absolute Gasteiger partial charge is 0.497 e. The molecule has 0 radical (unpaired) electrons. The quantitative estimate of drug-likeness (QED) is 0.498. The van der Waals surface area contributed by atoms with Gasteiger partial charge < -0.3 is 4.74 Å². The minimum Gasteiger partial charge on any atom is -0.497 e. The number of benzene rings is 2. The van der Waals surface area contributed by atoms with Crippen molar-refractivity contribution in [1.82, 2.24) is 5.06 Å². The fourth-order valence-electron chi connectivity index (χ4n) is 2.43. The SMILES string of the molecule is COc1ccc(C(CON2C(=O)c3ccccc3C2=O)OO)cc1. The molecule has 24 heavy (non-hydrogen) atoms. The van der Waals surface area contributed by atoms with Crippen molar-refractivity contribution in [2.24, 2.45) is 0 Å². The van der Waals surface area contributed by atoms with Gasteiger partial charge in [0, 0.05) is 0 Å². The van der Waals surface area contributed by atoms with E-state index in [-0.39, 0.29) is 17.7 Å². The fraction of sp³-hybridized carbons (Fsp3) is 0.176. The van der Waals surface area contributed by atoms with Crippen molar-refractivity contribution < 1.29 is 29.3 Å². The number of carbonyl (C=O) groups is 2. The molecule has 0 spiro atoms. The monoisotopic (exact) mass is 329 g/mol. The highest BCUT2D eigenvalue weighted by atomic mass is 17.1. The molecule has 3 rings (SSSR count). The minimum absolute atomic E-state index is 0.214. The minimum atomic E-state index is -0.861. The van der Waals surface area contributed by atoms with Crippen LogP contribution in [0.15, 0.2) is 48.5 Å². The lowest BCUT2D eigenvalue weighted by Crippen LogP contribution is -2.32. The summed E-state index contributed by atoms with van der Waals surface area (Å²) < 4.78 is 5.06. The van der Waals surface area contributed by atoms with Crippen molar-refractivity contribution in [3.8, 4) is 5.75 Å². The molecule has 2 amide bonds. The summed E-state index contributed by atoms with van der Waals surface area (Å²) in [7, 11) is 1.54. The summed E-state index contributed by atoms with van der Waals surface area (Å²) in [5.41, 5.74) is 1.18. The first kappa shape index (κ1) is 16.1. The standard InChI is InChI=1S/C17H15NO6/c1-22-12-8-6-11(7-9-12)15(24-21)10-23-18-16(19)13-4-2-3-5-14(13)17(18)20/h2-9,15,21H,10H2,1H3. The van der Waals surface area contributed by atoms with Gasteiger partial charge in [0.25, 0.3) is 11.8 Å². The Morgan fingerprint density at radius 2 is 1.58 bits per heavy atom. The number of nitrogens with zero attached hydrogens (tertiary/aromatic N) is 1. The lowest BCUT2D eigenvalue weighted by atomic mass is 10.1. The lowest BCUT2D eigenvalue weighted by Gasteiger charge is -2.18. The predicted octanol–water partition coefficient (Wildman–Crippen LogP) is 2.45. The molecule has 1 heterocycles. The van der Waals surface area contributed by atoms with Gasteiger partial charge in [-0.15, -0.1) is 5.06 Å². The summed E-state index contributed by atoms with van der Waals surface area (Å²) in [5, 5.41) is 9.77. The molecule has 1 aliphatic heterocycles. The first-order valence-corrected chi connectivity index (χ1v) is 7.20. The van der Waals surface area contributed by atoms with Crippen LogP contribution < -0.4 is 4.74 Å². The summed E-state index contributed by atoms with van der Waals surface area (Å²) in [6, 6.07) is 13.2. The Morgan fingerprint density at radius 3 is 2.08 bits per heavy atom. The molecule has 1 aliphatic rings. The van der Waals surface area contributed by atoms with Crippen LogP contribution in [0.2, 0.25) is 0 Å². The summed E-state index contributed by atoms with van der Waals surface area (Å²) in [4.78, 5) is 34.1. The van der Waals surface area contributed by atoms with Crippen LogP contribution >= 0.6 is 0 Å². The van der Waals surface area contributed by atoms with E-state index in [0.29, 0.717) is 16.4 Å². The molecule has 0 fully saturated rings. The van der Waals surface area contributed by atoms with Gasteiger partial charge in [0.05, 0.1) is 18.2 Å². The number of carbonyl (C=O) groups excluding carboxylic acids is 2. The Balaban J connectivity index is 1.70. The molecule has 0 saturated heterocycles. The second kappa shape index (κ2) is 6.79. The molecule has 1 N–H and O–H groups in total. The van der Waals surface area contributed by atoms with E-state index in [0.717, 1.165) is 0 Å². The Kier molecular flexibility index (Phi) is 4.57. The van der Waals surface area contributed by atoms with E-state index in [9.17, 15) is 9.59 Å². The average molecular weight is 329 g/mol. The number of fused-ring (bicyclic) bond motifs is 1. The molecule has 1 unspecified atom stereocenters. The molecular weight excluding hydrogens is 314 g/mol. The van der Waals surface area contributed by atoms with Crippen LogP contribution in [0.25, 0.3) is 0 Å². The van der Waals surface area contributed by atoms with Gasteiger partial charge in [0.1, 0.15) is 18.5 Å². The topological polar surface area (TPSA) is 85.3 Å². The Morgan fingerprint density at radius 1 is 1.00 bits per heavy atom. The zero-order chi connectivity index (χ0) is 17.1. The fourth-order valence-corrected chi connectivity index (χ4v) is 2.43. The summed E-state index contributed by atoms with van der Waals surface area (Å²) in [6.07, 6.45) is -0.861. The van der Waals surface area contributed by atoms with Crippen LogP contribution in [0.1, 0.15) is 32.4 Å². The number of rotatable bonds is 6. The first-order valence-electron chi connectivity index (χ1n) is 7.20. The van der Waals surface area contributed by atoms with E-state index in [1.807, 2.05) is 0 Å². The van der Waals surface area contributed by atoms with Crippen LogP contribution in [-0.2, 0) is 9.73 Å². The third-order valence-corrected chi connectivity index (χ3v) is 3.73. The van der Waals surface area contributed by atoms with Gasteiger partial charge in [-0.25, -0.2) is 4.89 Å². The molecule has 0 aliphatic carbocycles. The second-order valence-corrected chi connectivity index (χ2v) is 5.11. The molecule has 0 bridgehead atoms. The van der Waals surface area contributed by atoms with Crippen molar-refractivity contribution in [1.29, 1.82) is 0 Å². The van der Waals surface area contributed by atoms with E-state index in [1.54, 1.807) is 55.6 Å². The van der Waals surface area contributed by atoms with Gasteiger partial charge in [-0.05, 0) is 29.8 Å². The zero-order valence-corrected chi connectivity index (χ0v) is 12.8. The van der Waals surface area contributed by atoms with Crippen LogP contribution in [-0.4, -0.2) is 35.9 Å². The van der Waals surface area contributed by atoms with Gasteiger partial charge >= 0.3 is 0 Å². The molecule has 124 valence electrons. The van der Waals surface area contributed by atoms with Crippen molar-refractivity contribution in [3.05, 3.63) is 65.2 Å². The lowest BCUT2D eigenvalue weighted by molar-refractivity contribution is -0.299. The molecular formula is C17H15NO6. The number of hydrogen-bond acceptors (Lipinski definition) is 6. The average Bonchev–Trinajstić information content (AvgIpc) is 2.88. The van der Waals surface area contributed by atoms with Gasteiger partial charge in [-0.1, -0.05) is 24.3 Å². The highest BCUT2D eigenvalue weighted by Crippen LogP contribution is 2.25. The number of amides is 2. The number of hydrogen-bond donors (Lipinski definition) is 1. The highest BCUT2D eigenvalue weighted by molar-refractivity contribution is 6.20. The van der Waals surface area contributed by atoms with Crippen molar-refractivity contribution in [2.45, 2.75) is 6.10 Å². The maximum absolute atomic E-state index is 12.2. The Bertz CT molecular complexity index is 723. The molecule has 0 aromatic heterocycles. The third-order valence-electron chi connectivity index (χ3n) is 3.73. The van der Waals surface area contributed by atoms with Gasteiger partial charge in [-0.2, -0.15) is 0 Å². The predicted molar refractivity (Wildman–Crippen MR) is 82.3 cm³/mol. The van der Waals surface area contributed by atoms with Crippen molar-refractivity contribution in [2.75, 3.05) is 13.7 Å². The maximum Gasteiger partial charge on any atom is 0.285 e. The summed E-state index contributed by atoms with van der Waals surface area (Å²) in [6.45, 7) is -0.214. The summed E-state index contributed by atoms with van der Waals surface area (Å²) >= 11 is 0. The first-order chi connectivity index (χ1) is 11.7. The van der Waals surface area contributed by atoms with E-state index in [4.69, 9.17) is 14.8 Å². The van der Waals surface area contributed by atoms with E-state index in [1.165, 1.54) is 0 Å². The second-order valence-electron chi connectivity index (χ2n) is 5.11. The smallest absolute Gasteiger partial charge is 0.285 e. The van der Waals surface area contributed by atoms with E-state index >= 15 is 0 Å². The van der Waals surface area contributed by atoms with Crippen molar-refractivity contribution >= 4 is 11.8 Å². The van der Waals surface area contributed by atoms with Crippen LogP contribution in [0.4, 0.5) is 0 Å². The summed E-state index contributed by atoms with van der Waals surface area (Å²) in [5.74, 6) is -0.430. The molecule has 1 atom stereocenters. The Hall–Kier alpha value is -2.74. The van der Waals surface area contributed by atoms with Gasteiger partial charge in [0.15, 0.2) is 0 Å². The molecule has 7 nitrogen and oxygen atoms in total. The number of imide groups is 1. The molecule has 2 aromatic rings. The maximum atomic E-state index is 12.2. The van der Waals surface area contributed by atoms with E-state index in [2.05, 4.69) is 4.89 Å². The molecule has 7 heteroatoms. The number of ether oxygens (including phenoxy) is 1. The Labute approximate surface area is 137 Å². The normalized spacial score (nSPS) is 14.7. The van der Waals surface area contributed by atoms with Crippen LogP contribution in [0, 0.1) is 0 Å². The molecule has 0 saturated carbocycles. The van der Waals surface area contributed by atoms with Crippen LogP contribution in [0.5, 0.6) is 5.75 Å². The van der Waals surface area contributed by atoms with Crippen molar-refractivity contribution in [3.63, 3.8) is 0 Å². The third kappa shape index (κ3) is 2.88.